The molecule has 0 saturated heterocycles. The molecule has 0 spiro atoms. The van der Waals surface area contributed by atoms with Crippen LogP contribution in [0.15, 0.2) is 36.4 Å². The lowest BCUT2D eigenvalue weighted by Crippen LogP contribution is -2.24. The topological polar surface area (TPSA) is 55.8 Å². The largest absolute Gasteiger partial charge is 0.489 e. The number of hydrogen-bond acceptors (Lipinski definition) is 3. The average Bonchev–Trinajstić information content (AvgIpc) is 2.89. The third-order valence-corrected chi connectivity index (χ3v) is 4.88. The minimum atomic E-state index is -0.774. The molecule has 0 amide bonds. The van der Waals surface area contributed by atoms with Gasteiger partial charge in [-0.1, -0.05) is 25.1 Å². The lowest BCUT2D eigenvalue weighted by molar-refractivity contribution is -0.141. The number of aliphatic carboxylic acids is 1. The number of carboxylic acids is 1. The molecule has 0 saturated carbocycles. The molecule has 1 heterocycles. The fourth-order valence-electron chi connectivity index (χ4n) is 3.36. The molecule has 2 aromatic carbocycles. The molecule has 2 aromatic rings. The monoisotopic (exact) mass is 354 g/mol. The molecular weight excluding hydrogens is 328 g/mol. The Bertz CT molecular complexity index is 806. The highest BCUT2D eigenvalue weighted by atomic mass is 16.5. The molecule has 1 aliphatic rings. The van der Waals surface area contributed by atoms with Gasteiger partial charge in [-0.2, -0.15) is 0 Å². The molecule has 1 unspecified atom stereocenters. The van der Waals surface area contributed by atoms with Crippen LogP contribution in [0, 0.1) is 12.8 Å². The van der Waals surface area contributed by atoms with Crippen molar-refractivity contribution in [2.45, 2.75) is 52.7 Å². The van der Waals surface area contributed by atoms with Gasteiger partial charge in [0.25, 0.3) is 0 Å². The quantitative estimate of drug-likeness (QED) is 0.827. The molecule has 0 aliphatic carbocycles. The van der Waals surface area contributed by atoms with E-state index < -0.39 is 5.97 Å². The zero-order valence-corrected chi connectivity index (χ0v) is 15.8. The van der Waals surface area contributed by atoms with Crippen molar-refractivity contribution < 1.29 is 19.4 Å². The molecular formula is C22H26O4. The van der Waals surface area contributed by atoms with Gasteiger partial charge < -0.3 is 14.6 Å². The first-order chi connectivity index (χ1) is 12.2. The first-order valence-electron chi connectivity index (χ1n) is 9.00. The predicted octanol–water partition coefficient (Wildman–Crippen LogP) is 4.55. The highest BCUT2D eigenvalue weighted by molar-refractivity contribution is 5.69. The van der Waals surface area contributed by atoms with Crippen molar-refractivity contribution in [3.8, 4) is 11.5 Å². The van der Waals surface area contributed by atoms with Gasteiger partial charge in [0.2, 0.25) is 0 Å². The standard InChI is InChI=1S/C22H26O4/c1-14-5-10-20-18(12-22(3,4)26-20)19(14)13-25-17-8-6-16(7-9-17)11-15(2)21(23)24/h5-10,15H,11-13H2,1-4H3,(H,23,24). The van der Waals surface area contributed by atoms with Crippen LogP contribution in [0.4, 0.5) is 0 Å². The molecule has 138 valence electrons. The molecule has 1 N–H and O–H groups in total. The fourth-order valence-corrected chi connectivity index (χ4v) is 3.36. The van der Waals surface area contributed by atoms with E-state index in [-0.39, 0.29) is 11.5 Å². The third-order valence-electron chi connectivity index (χ3n) is 4.88. The van der Waals surface area contributed by atoms with Crippen molar-refractivity contribution >= 4 is 5.97 Å². The second-order valence-electron chi connectivity index (χ2n) is 7.75. The van der Waals surface area contributed by atoms with Gasteiger partial charge in [0, 0.05) is 12.0 Å². The van der Waals surface area contributed by atoms with Gasteiger partial charge in [0.15, 0.2) is 0 Å². The molecule has 0 bridgehead atoms. The minimum absolute atomic E-state index is 0.173. The van der Waals surface area contributed by atoms with Crippen LogP contribution in [-0.2, 0) is 24.2 Å². The van der Waals surface area contributed by atoms with E-state index in [0.717, 1.165) is 23.5 Å². The summed E-state index contributed by atoms with van der Waals surface area (Å²) in [6.45, 7) is 8.52. The summed E-state index contributed by atoms with van der Waals surface area (Å²) in [7, 11) is 0. The van der Waals surface area contributed by atoms with Gasteiger partial charge in [-0.25, -0.2) is 0 Å². The Morgan fingerprint density at radius 1 is 1.23 bits per heavy atom. The number of carboxylic acid groups (broad SMARTS) is 1. The molecule has 4 nitrogen and oxygen atoms in total. The fraction of sp³-hybridized carbons (Fsp3) is 0.409. The van der Waals surface area contributed by atoms with Gasteiger partial charge in [0.05, 0.1) is 5.92 Å². The highest BCUT2D eigenvalue weighted by Crippen LogP contribution is 2.38. The van der Waals surface area contributed by atoms with E-state index in [0.29, 0.717) is 13.0 Å². The molecule has 4 heteroatoms. The van der Waals surface area contributed by atoms with Crippen LogP contribution in [-0.4, -0.2) is 16.7 Å². The second-order valence-corrected chi connectivity index (χ2v) is 7.75. The van der Waals surface area contributed by atoms with E-state index in [9.17, 15) is 4.79 Å². The van der Waals surface area contributed by atoms with Crippen LogP contribution in [0.2, 0.25) is 0 Å². The van der Waals surface area contributed by atoms with Crippen molar-refractivity contribution in [3.63, 3.8) is 0 Å². The average molecular weight is 354 g/mol. The zero-order chi connectivity index (χ0) is 18.9. The van der Waals surface area contributed by atoms with Crippen molar-refractivity contribution in [1.82, 2.24) is 0 Å². The van der Waals surface area contributed by atoms with Crippen LogP contribution < -0.4 is 9.47 Å². The normalized spacial score (nSPS) is 15.8. The van der Waals surface area contributed by atoms with Crippen molar-refractivity contribution in [2.24, 2.45) is 5.92 Å². The summed E-state index contributed by atoms with van der Waals surface area (Å²) in [6, 6.07) is 11.8. The Morgan fingerprint density at radius 2 is 1.92 bits per heavy atom. The third kappa shape index (κ3) is 4.01. The summed E-state index contributed by atoms with van der Waals surface area (Å²) in [5, 5.41) is 9.01. The van der Waals surface area contributed by atoms with E-state index >= 15 is 0 Å². The summed E-state index contributed by atoms with van der Waals surface area (Å²) < 4.78 is 12.0. The smallest absolute Gasteiger partial charge is 0.306 e. The van der Waals surface area contributed by atoms with E-state index in [1.165, 1.54) is 16.7 Å². The first-order valence-corrected chi connectivity index (χ1v) is 9.00. The van der Waals surface area contributed by atoms with Crippen LogP contribution in [0.25, 0.3) is 0 Å². The van der Waals surface area contributed by atoms with Gasteiger partial charge in [-0.3, -0.25) is 4.79 Å². The molecule has 0 fully saturated rings. The van der Waals surface area contributed by atoms with Crippen LogP contribution >= 0.6 is 0 Å². The molecule has 1 atom stereocenters. The number of ether oxygens (including phenoxy) is 2. The summed E-state index contributed by atoms with van der Waals surface area (Å²) >= 11 is 0. The van der Waals surface area contributed by atoms with E-state index in [1.54, 1.807) is 6.92 Å². The summed E-state index contributed by atoms with van der Waals surface area (Å²) in [4.78, 5) is 11.0. The second kappa shape index (κ2) is 7.02. The molecule has 0 radical (unpaired) electrons. The van der Waals surface area contributed by atoms with Gasteiger partial charge in [-0.05, 0) is 62.1 Å². The summed E-state index contributed by atoms with van der Waals surface area (Å²) in [5.41, 5.74) is 4.46. The van der Waals surface area contributed by atoms with E-state index in [1.807, 2.05) is 30.3 Å². The molecule has 26 heavy (non-hydrogen) atoms. The van der Waals surface area contributed by atoms with E-state index in [2.05, 4.69) is 26.8 Å². The molecule has 1 aliphatic heterocycles. The van der Waals surface area contributed by atoms with Gasteiger partial charge in [0.1, 0.15) is 23.7 Å². The van der Waals surface area contributed by atoms with Crippen molar-refractivity contribution in [2.75, 3.05) is 0 Å². The van der Waals surface area contributed by atoms with Crippen LogP contribution in [0.5, 0.6) is 11.5 Å². The maximum absolute atomic E-state index is 11.0. The Labute approximate surface area is 154 Å². The Balaban J connectivity index is 1.69. The minimum Gasteiger partial charge on any atom is -0.489 e. The molecule has 3 rings (SSSR count). The highest BCUT2D eigenvalue weighted by Gasteiger charge is 2.32. The lowest BCUT2D eigenvalue weighted by atomic mass is 9.95. The Hall–Kier alpha value is -2.49. The van der Waals surface area contributed by atoms with Crippen molar-refractivity contribution in [1.29, 1.82) is 0 Å². The van der Waals surface area contributed by atoms with Crippen LogP contribution in [0.3, 0.4) is 0 Å². The summed E-state index contributed by atoms with van der Waals surface area (Å²) in [6.07, 6.45) is 1.40. The lowest BCUT2D eigenvalue weighted by Gasteiger charge is -2.16. The maximum atomic E-state index is 11.0. The van der Waals surface area contributed by atoms with Crippen LogP contribution in [0.1, 0.15) is 43.0 Å². The number of rotatable bonds is 6. The van der Waals surface area contributed by atoms with Crippen molar-refractivity contribution in [3.05, 3.63) is 58.7 Å². The van der Waals surface area contributed by atoms with Gasteiger partial charge >= 0.3 is 5.97 Å². The predicted molar refractivity (Wildman–Crippen MR) is 101 cm³/mol. The Kier molecular flexibility index (Phi) is 4.94. The molecule has 0 aromatic heterocycles. The van der Waals surface area contributed by atoms with E-state index in [4.69, 9.17) is 14.6 Å². The van der Waals surface area contributed by atoms with Gasteiger partial charge in [-0.15, -0.1) is 0 Å². The number of benzene rings is 2. The maximum Gasteiger partial charge on any atom is 0.306 e. The zero-order valence-electron chi connectivity index (χ0n) is 15.8. The number of carbonyl (C=O) groups is 1. The SMILES string of the molecule is Cc1ccc2c(c1COc1ccc(CC(C)C(=O)O)cc1)CC(C)(C)O2. The number of hydrogen-bond donors (Lipinski definition) is 1. The Morgan fingerprint density at radius 3 is 2.58 bits per heavy atom. The number of fused-ring (bicyclic) bond motifs is 1. The first kappa shape index (κ1) is 18.3. The summed E-state index contributed by atoms with van der Waals surface area (Å²) in [5.74, 6) is 0.577. The number of aryl methyl sites for hydroxylation is 1.